The van der Waals surface area contributed by atoms with Gasteiger partial charge in [0.15, 0.2) is 5.69 Å². The Morgan fingerprint density at radius 2 is 1.85 bits per heavy atom. The highest BCUT2D eigenvalue weighted by Crippen LogP contribution is 2.32. The SMILES string of the molecule is CNc1ccc(C(=O)Nc2c(Cl)cncc2Cl)c2cc(C(F)(F)F)nn12. The van der Waals surface area contributed by atoms with Crippen molar-refractivity contribution in [2.45, 2.75) is 6.18 Å². The second-order valence-corrected chi connectivity index (χ2v) is 5.95. The number of hydrogen-bond acceptors (Lipinski definition) is 4. The standard InChI is InChI=1S/C15H10Cl2F3N5O/c1-21-12-3-2-7(10-4-11(15(18,19)20)24-25(10)12)14(26)23-13-8(16)5-22-6-9(13)17/h2-6,21H,1H3,(H,22,23,26). The number of alkyl halides is 3. The molecule has 0 saturated carbocycles. The number of carbonyl (C=O) groups is 1. The Bertz CT molecular complexity index is 983. The highest BCUT2D eigenvalue weighted by Gasteiger charge is 2.35. The van der Waals surface area contributed by atoms with E-state index in [2.05, 4.69) is 20.7 Å². The van der Waals surface area contributed by atoms with Crippen molar-refractivity contribution >= 4 is 46.1 Å². The molecule has 11 heteroatoms. The number of nitrogens with one attached hydrogen (secondary N) is 2. The maximum atomic E-state index is 13.0. The smallest absolute Gasteiger partial charge is 0.373 e. The van der Waals surface area contributed by atoms with Crippen molar-refractivity contribution in [1.82, 2.24) is 14.6 Å². The third kappa shape index (κ3) is 3.27. The van der Waals surface area contributed by atoms with E-state index in [1.165, 1.54) is 31.6 Å². The van der Waals surface area contributed by atoms with Gasteiger partial charge in [-0.2, -0.15) is 18.3 Å². The molecule has 0 saturated heterocycles. The van der Waals surface area contributed by atoms with Crippen molar-refractivity contribution in [3.05, 3.63) is 51.9 Å². The molecule has 26 heavy (non-hydrogen) atoms. The van der Waals surface area contributed by atoms with Gasteiger partial charge < -0.3 is 10.6 Å². The third-order valence-electron chi connectivity index (χ3n) is 3.50. The molecule has 3 aromatic rings. The summed E-state index contributed by atoms with van der Waals surface area (Å²) in [4.78, 5) is 16.4. The first kappa shape index (κ1) is 18.3. The summed E-state index contributed by atoms with van der Waals surface area (Å²) in [7, 11) is 1.53. The Hall–Kier alpha value is -2.52. The molecule has 0 bridgehead atoms. The Balaban J connectivity index is 2.10. The van der Waals surface area contributed by atoms with Crippen LogP contribution in [0.2, 0.25) is 10.0 Å². The van der Waals surface area contributed by atoms with E-state index in [-0.39, 0.29) is 32.6 Å². The summed E-state index contributed by atoms with van der Waals surface area (Å²) in [6, 6.07) is 3.61. The molecule has 0 spiro atoms. The number of halogens is 5. The van der Waals surface area contributed by atoms with Crippen LogP contribution in [0.5, 0.6) is 0 Å². The summed E-state index contributed by atoms with van der Waals surface area (Å²) in [5.41, 5.74) is -1.06. The minimum atomic E-state index is -4.65. The molecule has 0 aromatic carbocycles. The van der Waals surface area contributed by atoms with Crippen molar-refractivity contribution in [3.8, 4) is 0 Å². The first-order valence-corrected chi connectivity index (χ1v) is 7.86. The molecule has 3 rings (SSSR count). The lowest BCUT2D eigenvalue weighted by molar-refractivity contribution is -0.141. The van der Waals surface area contributed by atoms with Gasteiger partial charge in [-0.05, 0) is 18.2 Å². The molecule has 0 aliphatic rings. The number of carbonyl (C=O) groups excluding carboxylic acids is 1. The van der Waals surface area contributed by atoms with E-state index < -0.39 is 17.8 Å². The van der Waals surface area contributed by atoms with Crippen LogP contribution in [0.4, 0.5) is 24.7 Å². The molecule has 136 valence electrons. The van der Waals surface area contributed by atoms with Gasteiger partial charge in [0.05, 0.1) is 26.8 Å². The van der Waals surface area contributed by atoms with Crippen LogP contribution in [0.1, 0.15) is 16.1 Å². The molecule has 0 aliphatic carbocycles. The van der Waals surface area contributed by atoms with E-state index in [0.717, 1.165) is 10.6 Å². The number of aromatic nitrogens is 3. The first-order valence-electron chi connectivity index (χ1n) is 7.10. The molecule has 3 aromatic heterocycles. The average Bonchev–Trinajstić information content (AvgIpc) is 3.03. The highest BCUT2D eigenvalue weighted by atomic mass is 35.5. The monoisotopic (exact) mass is 403 g/mol. The zero-order valence-corrected chi connectivity index (χ0v) is 14.5. The molecule has 0 radical (unpaired) electrons. The Labute approximate surface area is 154 Å². The summed E-state index contributed by atoms with van der Waals surface area (Å²) in [6.07, 6.45) is -2.09. The topological polar surface area (TPSA) is 71.3 Å². The zero-order valence-electron chi connectivity index (χ0n) is 13.0. The minimum Gasteiger partial charge on any atom is -0.373 e. The zero-order chi connectivity index (χ0) is 19.1. The molecular weight excluding hydrogens is 394 g/mol. The summed E-state index contributed by atoms with van der Waals surface area (Å²) < 4.78 is 40.0. The quantitative estimate of drug-likeness (QED) is 0.681. The molecule has 2 N–H and O–H groups in total. The van der Waals surface area contributed by atoms with Crippen molar-refractivity contribution in [2.75, 3.05) is 17.7 Å². The molecular formula is C15H10Cl2F3N5O. The van der Waals surface area contributed by atoms with Crippen molar-refractivity contribution in [1.29, 1.82) is 0 Å². The van der Waals surface area contributed by atoms with Crippen molar-refractivity contribution in [2.24, 2.45) is 0 Å². The number of hydrogen-bond donors (Lipinski definition) is 2. The summed E-state index contributed by atoms with van der Waals surface area (Å²) in [6.45, 7) is 0. The second kappa shape index (κ2) is 6.65. The van der Waals surface area contributed by atoms with Gasteiger partial charge in [0.25, 0.3) is 5.91 Å². The van der Waals surface area contributed by atoms with E-state index in [1.54, 1.807) is 0 Å². The fourth-order valence-electron chi connectivity index (χ4n) is 2.31. The van der Waals surface area contributed by atoms with E-state index in [9.17, 15) is 18.0 Å². The van der Waals surface area contributed by atoms with Crippen LogP contribution in [0.15, 0.2) is 30.6 Å². The predicted molar refractivity (Wildman–Crippen MR) is 92.0 cm³/mol. The van der Waals surface area contributed by atoms with Crippen LogP contribution in [0.3, 0.4) is 0 Å². The van der Waals surface area contributed by atoms with E-state index in [4.69, 9.17) is 23.2 Å². The van der Waals surface area contributed by atoms with Crippen LogP contribution in [0, 0.1) is 0 Å². The minimum absolute atomic E-state index is 0.0250. The molecule has 3 heterocycles. The van der Waals surface area contributed by atoms with E-state index in [1.807, 2.05) is 0 Å². The van der Waals surface area contributed by atoms with E-state index >= 15 is 0 Å². The Kier molecular flexibility index (Phi) is 4.68. The Morgan fingerprint density at radius 3 is 2.42 bits per heavy atom. The third-order valence-corrected chi connectivity index (χ3v) is 4.08. The van der Waals surface area contributed by atoms with E-state index in [0.29, 0.717) is 0 Å². The average molecular weight is 404 g/mol. The van der Waals surface area contributed by atoms with Crippen LogP contribution in [-0.2, 0) is 6.18 Å². The van der Waals surface area contributed by atoms with Gasteiger partial charge >= 0.3 is 6.18 Å². The van der Waals surface area contributed by atoms with Gasteiger partial charge in [0.1, 0.15) is 5.82 Å². The number of rotatable bonds is 3. The molecule has 0 atom stereocenters. The van der Waals surface area contributed by atoms with Gasteiger partial charge in [0.2, 0.25) is 0 Å². The summed E-state index contributed by atoms with van der Waals surface area (Å²) >= 11 is 11.9. The first-order chi connectivity index (χ1) is 12.2. The van der Waals surface area contributed by atoms with Crippen LogP contribution in [0.25, 0.3) is 5.52 Å². The Morgan fingerprint density at radius 1 is 1.19 bits per heavy atom. The lowest BCUT2D eigenvalue weighted by Gasteiger charge is -2.11. The molecule has 0 aliphatic heterocycles. The molecule has 0 fully saturated rings. The van der Waals surface area contributed by atoms with Gasteiger partial charge in [-0.15, -0.1) is 0 Å². The van der Waals surface area contributed by atoms with Crippen LogP contribution >= 0.6 is 23.2 Å². The van der Waals surface area contributed by atoms with Gasteiger partial charge in [-0.1, -0.05) is 23.2 Å². The number of nitrogens with zero attached hydrogens (tertiary/aromatic N) is 3. The summed E-state index contributed by atoms with van der Waals surface area (Å²) in [5, 5.41) is 8.92. The van der Waals surface area contributed by atoms with Crippen molar-refractivity contribution in [3.63, 3.8) is 0 Å². The fourth-order valence-corrected chi connectivity index (χ4v) is 2.77. The highest BCUT2D eigenvalue weighted by molar-refractivity contribution is 6.39. The largest absolute Gasteiger partial charge is 0.435 e. The van der Waals surface area contributed by atoms with Gasteiger partial charge in [0, 0.05) is 19.4 Å². The number of fused-ring (bicyclic) bond motifs is 1. The van der Waals surface area contributed by atoms with Crippen LogP contribution in [-0.4, -0.2) is 27.6 Å². The van der Waals surface area contributed by atoms with Gasteiger partial charge in [-0.25, -0.2) is 4.52 Å². The maximum Gasteiger partial charge on any atom is 0.435 e. The second-order valence-electron chi connectivity index (χ2n) is 5.14. The molecule has 6 nitrogen and oxygen atoms in total. The number of amides is 1. The van der Waals surface area contributed by atoms with Crippen molar-refractivity contribution < 1.29 is 18.0 Å². The predicted octanol–water partition coefficient (Wildman–Crippen LogP) is 4.35. The van der Waals surface area contributed by atoms with Gasteiger partial charge in [-0.3, -0.25) is 9.78 Å². The lowest BCUT2D eigenvalue weighted by atomic mass is 10.2. The summed E-state index contributed by atoms with van der Waals surface area (Å²) in [5.74, 6) is -0.409. The normalized spacial score (nSPS) is 11.6. The lowest BCUT2D eigenvalue weighted by Crippen LogP contribution is -2.14. The number of pyridine rings is 2. The molecule has 1 amide bonds. The maximum absolute atomic E-state index is 13.0. The number of anilines is 2. The molecule has 0 unspecified atom stereocenters. The van der Waals surface area contributed by atoms with Crippen LogP contribution < -0.4 is 10.6 Å². The fraction of sp³-hybridized carbons (Fsp3) is 0.133.